The highest BCUT2D eigenvalue weighted by atomic mass is 32.2. The number of rotatable bonds is 8. The molecule has 2 N–H and O–H groups in total. The molecule has 1 fully saturated rings. The van der Waals surface area contributed by atoms with Crippen LogP contribution in [-0.4, -0.2) is 33.7 Å². The number of para-hydroxylation sites is 2. The van der Waals surface area contributed by atoms with Gasteiger partial charge in [-0.05, 0) is 56.2 Å². The summed E-state index contributed by atoms with van der Waals surface area (Å²) in [5.74, 6) is 0.230. The number of aromatic nitrogens is 2. The van der Waals surface area contributed by atoms with Crippen molar-refractivity contribution in [3.8, 4) is 5.75 Å². The fraction of sp³-hybridized carbons (Fsp3) is 0.261. The van der Waals surface area contributed by atoms with Crippen LogP contribution in [0.1, 0.15) is 36.2 Å². The Labute approximate surface area is 185 Å². The van der Waals surface area contributed by atoms with Crippen LogP contribution in [0.2, 0.25) is 0 Å². The molecule has 1 aromatic heterocycles. The summed E-state index contributed by atoms with van der Waals surface area (Å²) in [7, 11) is 1.56. The zero-order chi connectivity index (χ0) is 21.8. The number of nitrogens with one attached hydrogen (secondary N) is 2. The molecule has 160 valence electrons. The molecule has 1 aliphatic carbocycles. The normalized spacial score (nSPS) is 14.0. The van der Waals surface area contributed by atoms with Gasteiger partial charge in [-0.3, -0.25) is 9.59 Å². The summed E-state index contributed by atoms with van der Waals surface area (Å²) in [6.45, 7) is 1.86. The highest BCUT2D eigenvalue weighted by Crippen LogP contribution is 2.38. The van der Waals surface area contributed by atoms with Crippen LogP contribution in [0.4, 0.5) is 11.4 Å². The number of carbonyl (C=O) groups is 2. The van der Waals surface area contributed by atoms with E-state index >= 15 is 0 Å². The summed E-state index contributed by atoms with van der Waals surface area (Å²) in [6.07, 6.45) is 6.09. The lowest BCUT2D eigenvalue weighted by Crippen LogP contribution is -2.23. The zero-order valence-corrected chi connectivity index (χ0v) is 18.2. The lowest BCUT2D eigenvalue weighted by molar-refractivity contribution is -0.115. The topological polar surface area (TPSA) is 85.2 Å². The number of amides is 2. The molecule has 0 saturated heterocycles. The van der Waals surface area contributed by atoms with Gasteiger partial charge in [-0.2, -0.15) is 0 Å². The van der Waals surface area contributed by atoms with Crippen molar-refractivity contribution in [3.63, 3.8) is 0 Å². The molecule has 0 unspecified atom stereocenters. The first-order chi connectivity index (χ1) is 15.0. The van der Waals surface area contributed by atoms with Gasteiger partial charge in [-0.25, -0.2) is 4.98 Å². The lowest BCUT2D eigenvalue weighted by atomic mass is 10.2. The number of hydrogen-bond donors (Lipinski definition) is 2. The number of hydrogen-bond acceptors (Lipinski definition) is 5. The molecule has 1 atom stereocenters. The van der Waals surface area contributed by atoms with Crippen LogP contribution in [0.3, 0.4) is 0 Å². The van der Waals surface area contributed by atoms with Gasteiger partial charge in [0.05, 0.1) is 18.0 Å². The molecule has 8 heteroatoms. The standard InChI is InChI=1S/C23H24N4O3S/c1-15(31-23-24-13-14-27(23)18-11-12-18)21(28)25-17-9-7-16(8-10-17)22(29)26-19-5-3-4-6-20(19)30-2/h3-10,13-15,18H,11-12H2,1-2H3,(H,25,28)(H,26,29)/t15-/m0/s1. The molecule has 2 aromatic carbocycles. The van der Waals surface area contributed by atoms with Gasteiger partial charge >= 0.3 is 0 Å². The Morgan fingerprint density at radius 1 is 1.13 bits per heavy atom. The molecular weight excluding hydrogens is 412 g/mol. The Balaban J connectivity index is 1.34. The second-order valence-corrected chi connectivity index (χ2v) is 8.64. The molecule has 1 saturated carbocycles. The molecule has 2 amide bonds. The minimum atomic E-state index is -0.298. The van der Waals surface area contributed by atoms with E-state index in [1.165, 1.54) is 24.6 Å². The maximum absolute atomic E-state index is 12.6. The molecule has 0 aliphatic heterocycles. The van der Waals surface area contributed by atoms with E-state index in [0.717, 1.165) is 5.16 Å². The van der Waals surface area contributed by atoms with Gasteiger partial charge in [0.2, 0.25) is 5.91 Å². The second-order valence-electron chi connectivity index (χ2n) is 7.33. The van der Waals surface area contributed by atoms with E-state index in [1.807, 2.05) is 25.3 Å². The third kappa shape index (κ3) is 5.08. The fourth-order valence-electron chi connectivity index (χ4n) is 3.12. The number of ether oxygens (including phenoxy) is 1. The smallest absolute Gasteiger partial charge is 0.255 e. The quantitative estimate of drug-likeness (QED) is 0.504. The first-order valence-electron chi connectivity index (χ1n) is 10.1. The summed E-state index contributed by atoms with van der Waals surface area (Å²) in [5.41, 5.74) is 1.72. The average molecular weight is 437 g/mol. The molecule has 31 heavy (non-hydrogen) atoms. The van der Waals surface area contributed by atoms with Gasteiger partial charge in [-0.15, -0.1) is 0 Å². The third-order valence-electron chi connectivity index (χ3n) is 4.99. The second kappa shape index (κ2) is 9.26. The zero-order valence-electron chi connectivity index (χ0n) is 17.4. The van der Waals surface area contributed by atoms with Gasteiger partial charge in [0.15, 0.2) is 5.16 Å². The van der Waals surface area contributed by atoms with Crippen molar-refractivity contribution in [1.29, 1.82) is 0 Å². The van der Waals surface area contributed by atoms with E-state index in [2.05, 4.69) is 20.2 Å². The van der Waals surface area contributed by atoms with Crippen molar-refractivity contribution in [2.75, 3.05) is 17.7 Å². The maximum atomic E-state index is 12.6. The first kappa shape index (κ1) is 21.0. The number of thioether (sulfide) groups is 1. The van der Waals surface area contributed by atoms with Gasteiger partial charge in [0.25, 0.3) is 5.91 Å². The Morgan fingerprint density at radius 2 is 1.87 bits per heavy atom. The molecule has 4 rings (SSSR count). The van der Waals surface area contributed by atoms with E-state index in [0.29, 0.717) is 28.7 Å². The number of imidazole rings is 1. The van der Waals surface area contributed by atoms with Crippen molar-refractivity contribution in [2.45, 2.75) is 36.2 Å². The van der Waals surface area contributed by atoms with Crippen molar-refractivity contribution >= 4 is 35.0 Å². The van der Waals surface area contributed by atoms with E-state index < -0.39 is 0 Å². The lowest BCUT2D eigenvalue weighted by Gasteiger charge is -2.13. The fourth-order valence-corrected chi connectivity index (χ4v) is 4.06. The van der Waals surface area contributed by atoms with Crippen molar-refractivity contribution < 1.29 is 14.3 Å². The van der Waals surface area contributed by atoms with Crippen molar-refractivity contribution in [3.05, 3.63) is 66.5 Å². The van der Waals surface area contributed by atoms with Crippen LogP contribution < -0.4 is 15.4 Å². The van der Waals surface area contributed by atoms with Crippen molar-refractivity contribution in [1.82, 2.24) is 9.55 Å². The Hall–Kier alpha value is -3.26. The minimum Gasteiger partial charge on any atom is -0.495 e. The number of methoxy groups -OCH3 is 1. The maximum Gasteiger partial charge on any atom is 0.255 e. The number of benzene rings is 2. The molecule has 7 nitrogen and oxygen atoms in total. The van der Waals surface area contributed by atoms with Crippen LogP contribution in [-0.2, 0) is 4.79 Å². The Kier molecular flexibility index (Phi) is 6.27. The van der Waals surface area contributed by atoms with Crippen LogP contribution in [0.5, 0.6) is 5.75 Å². The summed E-state index contributed by atoms with van der Waals surface area (Å²) in [4.78, 5) is 29.5. The summed E-state index contributed by atoms with van der Waals surface area (Å²) < 4.78 is 7.40. The summed E-state index contributed by atoms with van der Waals surface area (Å²) in [5, 5.41) is 6.31. The molecule has 1 aliphatic rings. The van der Waals surface area contributed by atoms with Gasteiger partial charge in [0, 0.05) is 29.7 Å². The highest BCUT2D eigenvalue weighted by molar-refractivity contribution is 8.00. The SMILES string of the molecule is COc1ccccc1NC(=O)c1ccc(NC(=O)[C@H](C)Sc2nccn2C2CC2)cc1. The largest absolute Gasteiger partial charge is 0.495 e. The number of carbonyl (C=O) groups excluding carboxylic acids is 2. The van der Waals surface area contributed by atoms with E-state index in [9.17, 15) is 9.59 Å². The first-order valence-corrected chi connectivity index (χ1v) is 11.0. The van der Waals surface area contributed by atoms with E-state index in [-0.39, 0.29) is 17.1 Å². The predicted molar refractivity (Wildman–Crippen MR) is 122 cm³/mol. The molecule has 0 bridgehead atoms. The number of nitrogens with zero attached hydrogens (tertiary/aromatic N) is 2. The highest BCUT2D eigenvalue weighted by Gasteiger charge is 2.27. The Bertz CT molecular complexity index is 1080. The van der Waals surface area contributed by atoms with E-state index in [4.69, 9.17) is 4.74 Å². The molecule has 0 spiro atoms. The van der Waals surface area contributed by atoms with Crippen LogP contribution in [0.25, 0.3) is 0 Å². The van der Waals surface area contributed by atoms with Crippen molar-refractivity contribution in [2.24, 2.45) is 0 Å². The van der Waals surface area contributed by atoms with Crippen LogP contribution in [0.15, 0.2) is 66.1 Å². The molecular formula is C23H24N4O3S. The van der Waals surface area contributed by atoms with Gasteiger partial charge in [0.1, 0.15) is 5.75 Å². The molecule has 1 heterocycles. The molecule has 3 aromatic rings. The monoisotopic (exact) mass is 436 g/mol. The Morgan fingerprint density at radius 3 is 2.58 bits per heavy atom. The summed E-state index contributed by atoms with van der Waals surface area (Å²) >= 11 is 1.45. The van der Waals surface area contributed by atoms with E-state index in [1.54, 1.807) is 49.7 Å². The van der Waals surface area contributed by atoms with Gasteiger partial charge in [-0.1, -0.05) is 23.9 Å². The van der Waals surface area contributed by atoms with Gasteiger partial charge < -0.3 is 19.9 Å². The molecule has 0 radical (unpaired) electrons. The third-order valence-corrected chi connectivity index (χ3v) is 6.09. The predicted octanol–water partition coefficient (Wildman–Crippen LogP) is 4.60. The van der Waals surface area contributed by atoms with Crippen LogP contribution in [0, 0.1) is 0 Å². The summed E-state index contributed by atoms with van der Waals surface area (Å²) in [6, 6.07) is 14.5. The average Bonchev–Trinajstić information content (AvgIpc) is 3.53. The minimum absolute atomic E-state index is 0.110. The van der Waals surface area contributed by atoms with Crippen LogP contribution >= 0.6 is 11.8 Å². The number of anilines is 2.